The van der Waals surface area contributed by atoms with E-state index in [1.54, 1.807) is 30.3 Å². The zero-order valence-corrected chi connectivity index (χ0v) is 16.4. The van der Waals surface area contributed by atoms with Crippen LogP contribution in [0.3, 0.4) is 0 Å². The second kappa shape index (κ2) is 8.60. The van der Waals surface area contributed by atoms with Crippen LogP contribution in [0.25, 0.3) is 11.0 Å². The number of para-hydroxylation sites is 1. The Morgan fingerprint density at radius 1 is 1.07 bits per heavy atom. The number of hydrogen-bond acceptors (Lipinski definition) is 6. The van der Waals surface area contributed by atoms with Gasteiger partial charge in [-0.05, 0) is 49.2 Å². The van der Waals surface area contributed by atoms with Crippen molar-refractivity contribution in [2.75, 3.05) is 13.7 Å². The largest absolute Gasteiger partial charge is 0.496 e. The molecule has 0 unspecified atom stereocenters. The van der Waals surface area contributed by atoms with Crippen molar-refractivity contribution in [1.82, 2.24) is 5.32 Å². The Kier molecular flexibility index (Phi) is 5.97. The van der Waals surface area contributed by atoms with Gasteiger partial charge in [0.25, 0.3) is 5.91 Å². The van der Waals surface area contributed by atoms with Gasteiger partial charge in [-0.3, -0.25) is 9.59 Å². The van der Waals surface area contributed by atoms with Crippen molar-refractivity contribution < 1.29 is 23.5 Å². The summed E-state index contributed by atoms with van der Waals surface area (Å²) >= 11 is 0. The average Bonchev–Trinajstić information content (AvgIpc) is 2.71. The van der Waals surface area contributed by atoms with Crippen LogP contribution in [0.5, 0.6) is 5.75 Å². The van der Waals surface area contributed by atoms with Gasteiger partial charge in [0.05, 0.1) is 12.7 Å². The summed E-state index contributed by atoms with van der Waals surface area (Å²) in [5.41, 5.74) is 2.81. The number of carbonyl (C=O) groups excluding carboxylic acids is 2. The summed E-state index contributed by atoms with van der Waals surface area (Å²) in [6, 6.07) is 11.7. The summed E-state index contributed by atoms with van der Waals surface area (Å²) in [7, 11) is 1.46. The third-order valence-corrected chi connectivity index (χ3v) is 4.58. The Bertz CT molecular complexity index is 1130. The summed E-state index contributed by atoms with van der Waals surface area (Å²) < 4.78 is 15.6. The minimum atomic E-state index is -0.626. The molecule has 29 heavy (non-hydrogen) atoms. The third-order valence-electron chi connectivity index (χ3n) is 4.58. The summed E-state index contributed by atoms with van der Waals surface area (Å²) in [5.74, 6) is -0.665. The van der Waals surface area contributed by atoms with Gasteiger partial charge in [-0.15, -0.1) is 0 Å². The number of ether oxygens (including phenoxy) is 2. The first-order valence-corrected chi connectivity index (χ1v) is 9.00. The summed E-state index contributed by atoms with van der Waals surface area (Å²) in [6.45, 7) is 3.46. The van der Waals surface area contributed by atoms with Crippen LogP contribution < -0.4 is 15.7 Å². The molecule has 3 aromatic rings. The maximum Gasteiger partial charge on any atom is 0.336 e. The van der Waals surface area contributed by atoms with Gasteiger partial charge in [0.15, 0.2) is 0 Å². The van der Waals surface area contributed by atoms with E-state index in [-0.39, 0.29) is 13.2 Å². The highest BCUT2D eigenvalue weighted by Gasteiger charge is 2.14. The average molecular weight is 395 g/mol. The fourth-order valence-electron chi connectivity index (χ4n) is 2.89. The lowest BCUT2D eigenvalue weighted by Crippen LogP contribution is -2.30. The number of esters is 1. The lowest BCUT2D eigenvalue weighted by Gasteiger charge is -2.10. The number of nitrogens with one attached hydrogen (secondary N) is 1. The number of aryl methyl sites for hydroxylation is 2. The molecule has 7 heteroatoms. The molecule has 1 heterocycles. The Hall–Kier alpha value is -3.61. The van der Waals surface area contributed by atoms with Crippen molar-refractivity contribution >= 4 is 22.8 Å². The first kappa shape index (κ1) is 20.1. The highest BCUT2D eigenvalue weighted by Crippen LogP contribution is 2.22. The number of benzene rings is 2. The third kappa shape index (κ3) is 4.63. The van der Waals surface area contributed by atoms with Crippen molar-refractivity contribution in [3.8, 4) is 5.75 Å². The van der Waals surface area contributed by atoms with Crippen molar-refractivity contribution in [1.29, 1.82) is 0 Å². The molecule has 3 rings (SSSR count). The normalized spacial score (nSPS) is 10.6. The maximum atomic E-state index is 12.2. The Morgan fingerprint density at radius 2 is 1.79 bits per heavy atom. The number of rotatable bonds is 6. The molecule has 7 nitrogen and oxygen atoms in total. The second-order valence-electron chi connectivity index (χ2n) is 6.57. The van der Waals surface area contributed by atoms with Crippen molar-refractivity contribution in [3.05, 3.63) is 75.1 Å². The molecule has 0 bridgehead atoms. The number of amides is 1. The molecule has 0 atom stereocenters. The minimum absolute atomic E-state index is 0.103. The molecule has 0 saturated heterocycles. The fourth-order valence-corrected chi connectivity index (χ4v) is 2.89. The van der Waals surface area contributed by atoms with Gasteiger partial charge in [0.1, 0.15) is 24.5 Å². The van der Waals surface area contributed by atoms with Crippen LogP contribution in [0.4, 0.5) is 0 Å². The maximum absolute atomic E-state index is 12.2. The highest BCUT2D eigenvalue weighted by atomic mass is 16.5. The SMILES string of the molecule is COc1ccccc1C(=O)NCC(=O)OCc1cc(=O)oc2cc(C)c(C)cc12. The molecular weight excluding hydrogens is 374 g/mol. The van der Waals surface area contributed by atoms with Crippen LogP contribution in [-0.2, 0) is 16.1 Å². The Labute approximate surface area is 167 Å². The Balaban J connectivity index is 1.66. The molecule has 0 radical (unpaired) electrons. The van der Waals surface area contributed by atoms with Gasteiger partial charge in [0.2, 0.25) is 0 Å². The summed E-state index contributed by atoms with van der Waals surface area (Å²) in [6.07, 6.45) is 0. The first-order chi connectivity index (χ1) is 13.9. The lowest BCUT2D eigenvalue weighted by molar-refractivity contribution is -0.143. The molecule has 2 aromatic carbocycles. The molecular formula is C22H21NO6. The molecule has 0 fully saturated rings. The summed E-state index contributed by atoms with van der Waals surface area (Å²) in [5, 5.41) is 3.21. The molecule has 0 spiro atoms. The fraction of sp³-hybridized carbons (Fsp3) is 0.227. The van der Waals surface area contributed by atoms with E-state index in [2.05, 4.69) is 5.32 Å². The first-order valence-electron chi connectivity index (χ1n) is 9.00. The van der Waals surface area contributed by atoms with E-state index in [1.807, 2.05) is 19.9 Å². The van der Waals surface area contributed by atoms with Crippen molar-refractivity contribution in [2.45, 2.75) is 20.5 Å². The molecule has 0 saturated carbocycles. The quantitative estimate of drug-likeness (QED) is 0.509. The molecule has 1 N–H and O–H groups in total. The zero-order chi connectivity index (χ0) is 21.0. The molecule has 150 valence electrons. The van der Waals surface area contributed by atoms with Crippen LogP contribution in [0.2, 0.25) is 0 Å². The van der Waals surface area contributed by atoms with Gasteiger partial charge < -0.3 is 19.2 Å². The number of fused-ring (bicyclic) bond motifs is 1. The monoisotopic (exact) mass is 395 g/mol. The van der Waals surface area contributed by atoms with E-state index in [0.29, 0.717) is 27.8 Å². The zero-order valence-electron chi connectivity index (χ0n) is 16.4. The van der Waals surface area contributed by atoms with E-state index >= 15 is 0 Å². The standard InChI is InChI=1S/C22H21NO6/c1-13-8-17-15(10-20(24)29-19(17)9-14(13)2)12-28-21(25)11-23-22(26)16-6-4-5-7-18(16)27-3/h4-10H,11-12H2,1-3H3,(H,23,26). The predicted octanol–water partition coefficient (Wildman–Crippen LogP) is 2.89. The van der Waals surface area contributed by atoms with Crippen molar-refractivity contribution in [2.24, 2.45) is 0 Å². The Morgan fingerprint density at radius 3 is 2.55 bits per heavy atom. The predicted molar refractivity (Wildman–Crippen MR) is 107 cm³/mol. The molecule has 0 aliphatic carbocycles. The van der Waals surface area contributed by atoms with Crippen LogP contribution in [0.1, 0.15) is 27.0 Å². The lowest BCUT2D eigenvalue weighted by atomic mass is 10.0. The number of methoxy groups -OCH3 is 1. The van der Waals surface area contributed by atoms with Gasteiger partial charge in [-0.2, -0.15) is 0 Å². The number of carbonyl (C=O) groups is 2. The molecule has 0 aliphatic rings. The topological polar surface area (TPSA) is 94.8 Å². The van der Waals surface area contributed by atoms with Crippen LogP contribution in [0.15, 0.2) is 51.7 Å². The number of hydrogen-bond donors (Lipinski definition) is 1. The van der Waals surface area contributed by atoms with E-state index in [9.17, 15) is 14.4 Å². The highest BCUT2D eigenvalue weighted by molar-refractivity contribution is 5.98. The van der Waals surface area contributed by atoms with Gasteiger partial charge >= 0.3 is 11.6 Å². The second-order valence-corrected chi connectivity index (χ2v) is 6.57. The summed E-state index contributed by atoms with van der Waals surface area (Å²) in [4.78, 5) is 36.1. The van der Waals surface area contributed by atoms with E-state index in [1.165, 1.54) is 13.2 Å². The van der Waals surface area contributed by atoms with Gasteiger partial charge in [-0.25, -0.2) is 4.79 Å². The van der Waals surface area contributed by atoms with E-state index < -0.39 is 17.5 Å². The smallest absolute Gasteiger partial charge is 0.336 e. The molecule has 1 aromatic heterocycles. The van der Waals surface area contributed by atoms with Gasteiger partial charge in [-0.1, -0.05) is 12.1 Å². The van der Waals surface area contributed by atoms with Crippen molar-refractivity contribution in [3.63, 3.8) is 0 Å². The van der Waals surface area contributed by atoms with E-state index in [4.69, 9.17) is 13.9 Å². The van der Waals surface area contributed by atoms with Crippen LogP contribution in [-0.4, -0.2) is 25.5 Å². The molecule has 1 amide bonds. The van der Waals surface area contributed by atoms with E-state index in [0.717, 1.165) is 11.1 Å². The molecule has 0 aliphatic heterocycles. The van der Waals surface area contributed by atoms with Crippen LogP contribution >= 0.6 is 0 Å². The minimum Gasteiger partial charge on any atom is -0.496 e. The van der Waals surface area contributed by atoms with Gasteiger partial charge in [0, 0.05) is 17.0 Å². The van der Waals surface area contributed by atoms with Crippen LogP contribution in [0, 0.1) is 13.8 Å².